The predicted octanol–water partition coefficient (Wildman–Crippen LogP) is 4.87. The van der Waals surface area contributed by atoms with Gasteiger partial charge in [-0.15, -0.1) is 10.2 Å². The van der Waals surface area contributed by atoms with Gasteiger partial charge < -0.3 is 34.2 Å². The highest BCUT2D eigenvalue weighted by atomic mass is 16.5. The zero-order chi connectivity index (χ0) is 33.9. The number of hydrogen-bond acceptors (Lipinski definition) is 10. The number of benzene rings is 2. The summed E-state index contributed by atoms with van der Waals surface area (Å²) in [6.07, 6.45) is 4.33. The minimum atomic E-state index is -2.43. The van der Waals surface area contributed by atoms with E-state index in [2.05, 4.69) is 49.2 Å². The highest BCUT2D eigenvalue weighted by molar-refractivity contribution is 6.02. The fourth-order valence-corrected chi connectivity index (χ4v) is 6.55. The molecule has 0 bridgehead atoms. The lowest BCUT2D eigenvalue weighted by molar-refractivity contribution is -0.111. The van der Waals surface area contributed by atoms with Gasteiger partial charge in [-0.05, 0) is 37.1 Å². The SMILES string of the molecule is [2H]C([2H])([2H])n1cc(-c2nc(Nc3cc(NC(=O)C=C)c(N(C)C4C5CN(C)CC54)cc3OC)ncc2-c2nnc(C)o2)c2ccccc21. The van der Waals surface area contributed by atoms with Crippen molar-refractivity contribution in [3.05, 3.63) is 67.3 Å². The Labute approximate surface area is 264 Å². The maximum Gasteiger partial charge on any atom is 0.251 e. The summed E-state index contributed by atoms with van der Waals surface area (Å²) in [7, 11) is 5.75. The number of methoxy groups -OCH3 is 1. The largest absolute Gasteiger partial charge is 0.494 e. The number of rotatable bonds is 9. The van der Waals surface area contributed by atoms with Crippen molar-refractivity contribution in [1.82, 2.24) is 29.6 Å². The van der Waals surface area contributed by atoms with Crippen LogP contribution in [0.2, 0.25) is 0 Å². The number of aromatic nitrogens is 5. The van der Waals surface area contributed by atoms with Gasteiger partial charge in [-0.1, -0.05) is 24.8 Å². The van der Waals surface area contributed by atoms with Crippen molar-refractivity contribution in [2.24, 2.45) is 18.8 Å². The molecule has 1 amide bonds. The van der Waals surface area contributed by atoms with Crippen molar-refractivity contribution >= 4 is 39.8 Å². The fraction of sp³-hybridized carbons (Fsp3) is 0.303. The number of likely N-dealkylation sites (tertiary alicyclic amines) is 1. The van der Waals surface area contributed by atoms with Gasteiger partial charge in [0.2, 0.25) is 17.7 Å². The summed E-state index contributed by atoms with van der Waals surface area (Å²) < 4.78 is 37.3. The summed E-state index contributed by atoms with van der Waals surface area (Å²) in [5.74, 6) is 2.03. The summed E-state index contributed by atoms with van der Waals surface area (Å²) in [5, 5.41) is 15.0. The van der Waals surface area contributed by atoms with Gasteiger partial charge in [-0.3, -0.25) is 4.79 Å². The number of fused-ring (bicyclic) bond motifs is 2. The molecule has 2 fully saturated rings. The lowest BCUT2D eigenvalue weighted by Gasteiger charge is -2.27. The van der Waals surface area contributed by atoms with E-state index in [1.165, 1.54) is 10.6 Å². The number of anilines is 4. The lowest BCUT2D eigenvalue weighted by Crippen LogP contribution is -2.31. The molecule has 0 radical (unpaired) electrons. The summed E-state index contributed by atoms with van der Waals surface area (Å²) >= 11 is 0. The van der Waals surface area contributed by atoms with E-state index < -0.39 is 6.98 Å². The van der Waals surface area contributed by atoms with E-state index >= 15 is 0 Å². The molecule has 1 aliphatic heterocycles. The molecule has 12 heteroatoms. The molecule has 2 unspecified atom stereocenters. The number of ether oxygens (including phenoxy) is 1. The minimum Gasteiger partial charge on any atom is -0.494 e. The Morgan fingerprint density at radius 2 is 2.00 bits per heavy atom. The van der Waals surface area contributed by atoms with E-state index in [-0.39, 0.29) is 17.7 Å². The number of para-hydroxylation sites is 1. The van der Waals surface area contributed by atoms with Gasteiger partial charge in [0.15, 0.2) is 0 Å². The molecule has 0 spiro atoms. The molecule has 5 aromatic rings. The number of nitrogens with one attached hydrogen (secondary N) is 2. The van der Waals surface area contributed by atoms with Crippen molar-refractivity contribution in [2.45, 2.75) is 13.0 Å². The van der Waals surface area contributed by atoms with Crippen LogP contribution < -0.4 is 20.3 Å². The third-order valence-electron chi connectivity index (χ3n) is 8.68. The highest BCUT2D eigenvalue weighted by Gasteiger charge is 2.57. The standard InChI is InChI=1S/C33H35N9O3/c1-7-29(43)35-24-12-25(28(44-6)13-27(24)42(5)31-22-15-40(3)16-23(22)31)36-33-34-14-20(32-39-38-18(2)45-32)30(37-33)21-17-41(4)26-11-9-8-10-19(21)26/h7-14,17,22-23,31H,1,15-16H2,2-6H3,(H,35,43)(H,34,36,37)/i4D3. The molecule has 4 heterocycles. The first-order chi connectivity index (χ1) is 23.0. The Kier molecular flexibility index (Phi) is 6.17. The Hall–Kier alpha value is -5.23. The van der Waals surface area contributed by atoms with Crippen LogP contribution in [-0.2, 0) is 11.8 Å². The number of amides is 1. The zero-order valence-electron chi connectivity index (χ0n) is 28.4. The molecule has 7 rings (SSSR count). The summed E-state index contributed by atoms with van der Waals surface area (Å²) in [5.41, 5.74) is 3.76. The van der Waals surface area contributed by atoms with Crippen LogP contribution in [0, 0.1) is 18.8 Å². The molecule has 2 N–H and O–H groups in total. The second-order valence-electron chi connectivity index (χ2n) is 11.6. The topological polar surface area (TPSA) is 126 Å². The van der Waals surface area contributed by atoms with E-state index in [4.69, 9.17) is 18.3 Å². The molecule has 1 aliphatic carbocycles. The van der Waals surface area contributed by atoms with Gasteiger partial charge in [-0.25, -0.2) is 9.97 Å². The number of aryl methyl sites for hydroxylation is 2. The lowest BCUT2D eigenvalue weighted by atomic mass is 10.1. The third-order valence-corrected chi connectivity index (χ3v) is 8.68. The third kappa shape index (κ3) is 5.06. The molecular weight excluding hydrogens is 570 g/mol. The Morgan fingerprint density at radius 3 is 2.71 bits per heavy atom. The smallest absolute Gasteiger partial charge is 0.251 e. The van der Waals surface area contributed by atoms with E-state index in [0.29, 0.717) is 68.6 Å². The molecule has 1 saturated carbocycles. The second kappa shape index (κ2) is 11.0. The van der Waals surface area contributed by atoms with Crippen LogP contribution in [0.4, 0.5) is 23.0 Å². The maximum absolute atomic E-state index is 12.6. The van der Waals surface area contributed by atoms with Crippen molar-refractivity contribution in [2.75, 3.05) is 49.8 Å². The van der Waals surface area contributed by atoms with Gasteiger partial charge in [-0.2, -0.15) is 0 Å². The van der Waals surface area contributed by atoms with Crippen molar-refractivity contribution in [3.8, 4) is 28.5 Å². The normalized spacial score (nSPS) is 20.2. The minimum absolute atomic E-state index is 0.190. The van der Waals surface area contributed by atoms with Crippen LogP contribution in [0.25, 0.3) is 33.6 Å². The van der Waals surface area contributed by atoms with Gasteiger partial charge in [0.05, 0.1) is 35.4 Å². The molecule has 1 saturated heterocycles. The first-order valence-corrected chi connectivity index (χ1v) is 14.6. The van der Waals surface area contributed by atoms with Crippen LogP contribution in [0.1, 0.15) is 10.0 Å². The number of carbonyl (C=O) groups is 1. The molecule has 45 heavy (non-hydrogen) atoms. The average Bonchev–Trinajstić information content (AvgIpc) is 3.41. The molecule has 2 atom stereocenters. The van der Waals surface area contributed by atoms with Gasteiger partial charge in [0.1, 0.15) is 5.75 Å². The van der Waals surface area contributed by atoms with E-state index in [1.54, 1.807) is 44.6 Å². The summed E-state index contributed by atoms with van der Waals surface area (Å²) in [6, 6.07) is 11.2. The fourth-order valence-electron chi connectivity index (χ4n) is 6.55. The Bertz CT molecular complexity index is 2050. The van der Waals surface area contributed by atoms with Gasteiger partial charge >= 0.3 is 0 Å². The second-order valence-corrected chi connectivity index (χ2v) is 11.6. The van der Waals surface area contributed by atoms with E-state index in [0.717, 1.165) is 18.8 Å². The number of nitrogens with zero attached hydrogens (tertiary/aromatic N) is 7. The van der Waals surface area contributed by atoms with E-state index in [1.807, 2.05) is 25.2 Å². The van der Waals surface area contributed by atoms with Crippen molar-refractivity contribution < 1.29 is 18.1 Å². The van der Waals surface area contributed by atoms with Crippen LogP contribution in [-0.4, -0.2) is 75.9 Å². The van der Waals surface area contributed by atoms with E-state index in [9.17, 15) is 4.79 Å². The average molecular weight is 609 g/mol. The molecule has 12 nitrogen and oxygen atoms in total. The highest BCUT2D eigenvalue weighted by Crippen LogP contribution is 2.51. The summed E-state index contributed by atoms with van der Waals surface area (Å²) in [6.45, 7) is 4.94. The first-order valence-electron chi connectivity index (χ1n) is 16.1. The predicted molar refractivity (Wildman–Crippen MR) is 174 cm³/mol. The zero-order valence-corrected chi connectivity index (χ0v) is 25.4. The van der Waals surface area contributed by atoms with Crippen LogP contribution in [0.3, 0.4) is 0 Å². The van der Waals surface area contributed by atoms with Gasteiger partial charge in [0.25, 0.3) is 5.89 Å². The van der Waals surface area contributed by atoms with Crippen LogP contribution >= 0.6 is 0 Å². The van der Waals surface area contributed by atoms with Crippen molar-refractivity contribution in [1.29, 1.82) is 0 Å². The van der Waals surface area contributed by atoms with Crippen molar-refractivity contribution in [3.63, 3.8) is 0 Å². The molecule has 3 aromatic heterocycles. The quantitative estimate of drug-likeness (QED) is 0.224. The molecule has 2 aliphatic rings. The van der Waals surface area contributed by atoms with Gasteiger partial charge in [0, 0.05) is 79.1 Å². The van der Waals surface area contributed by atoms with Crippen LogP contribution in [0.5, 0.6) is 5.75 Å². The number of carbonyl (C=O) groups excluding carboxylic acids is 1. The number of piperidine rings is 1. The molecular formula is C33H35N9O3. The number of hydrogen-bond donors (Lipinski definition) is 2. The van der Waals surface area contributed by atoms with Crippen LogP contribution in [0.15, 0.2) is 65.9 Å². The molecule has 230 valence electrons. The molecule has 2 aromatic carbocycles. The Morgan fingerprint density at radius 1 is 1.20 bits per heavy atom. The summed E-state index contributed by atoms with van der Waals surface area (Å²) in [4.78, 5) is 26.6. The maximum atomic E-state index is 12.6. The monoisotopic (exact) mass is 608 g/mol. The first kappa shape index (κ1) is 25.1. The Balaban J connectivity index is 1.32.